The normalized spacial score (nSPS) is 8.25. The van der Waals surface area contributed by atoms with Gasteiger partial charge in [0, 0.05) is 81.4 Å². The summed E-state index contributed by atoms with van der Waals surface area (Å²) in [5, 5.41) is 2.43. The molecule has 0 rings (SSSR count). The Kier molecular flexibility index (Phi) is 24.8. The fourth-order valence-corrected chi connectivity index (χ4v) is 3.37. The second-order valence-electron chi connectivity index (χ2n) is 2.08. The van der Waals surface area contributed by atoms with Gasteiger partial charge in [0.25, 0.3) is 0 Å². The van der Waals surface area contributed by atoms with Gasteiger partial charge < -0.3 is 0 Å². The molecule has 0 N–H and O–H groups in total. The maximum absolute atomic E-state index is 10.1. The summed E-state index contributed by atoms with van der Waals surface area (Å²) in [6, 6.07) is 0. The van der Waals surface area contributed by atoms with E-state index in [0.717, 1.165) is 11.5 Å². The van der Waals surface area contributed by atoms with Gasteiger partial charge in [0.05, 0.1) is 0 Å². The fraction of sp³-hybridized carbons (Fsp3) is 0.667. The maximum atomic E-state index is 10.1. The first kappa shape index (κ1) is 23.2. The van der Waals surface area contributed by atoms with E-state index in [2.05, 4.69) is 0 Å². The van der Waals surface area contributed by atoms with Crippen LogP contribution in [-0.2, 0) is 20.6 Å². The van der Waals surface area contributed by atoms with E-state index in [4.69, 9.17) is 0 Å². The quantitative estimate of drug-likeness (QED) is 0.279. The van der Waals surface area contributed by atoms with Crippen LogP contribution in [0.25, 0.3) is 0 Å². The van der Waals surface area contributed by atoms with Gasteiger partial charge in [-0.1, -0.05) is 21.6 Å². The second kappa shape index (κ2) is 17.1. The predicted octanol–water partition coefficient (Wildman–Crippen LogP) is -0.251. The van der Waals surface area contributed by atoms with E-state index >= 15 is 0 Å². The predicted molar refractivity (Wildman–Crippen MR) is 75.6 cm³/mol. The van der Waals surface area contributed by atoms with E-state index in [1.807, 2.05) is 0 Å². The zero-order chi connectivity index (χ0) is 10.8. The Morgan fingerprint density at radius 2 is 1.06 bits per heavy atom. The average Bonchev–Trinajstić information content (AvgIpc) is 2.08. The Hall–Kier alpha value is 2.08. The molecule has 0 aromatic carbocycles. The van der Waals surface area contributed by atoms with E-state index < -0.39 is 20.6 Å². The van der Waals surface area contributed by atoms with E-state index in [9.17, 15) is 16.8 Å². The van der Waals surface area contributed by atoms with Gasteiger partial charge in [0.15, 0.2) is 0 Å². The molecule has 0 bridgehead atoms. The standard InChI is InChI=1S/C6H10O4S4.2Na/c7-13(8)5-1-3-11-12-4-2-6-14(9)10;;/h5-6H,1-4H2;;. The Labute approximate surface area is 151 Å². The molecule has 0 aliphatic carbocycles. The minimum Gasteiger partial charge on any atom is -0.185 e. The van der Waals surface area contributed by atoms with Crippen LogP contribution in [0.4, 0.5) is 0 Å². The summed E-state index contributed by atoms with van der Waals surface area (Å²) in [6.45, 7) is 0. The molecular formula is C6H10Na2O4S4. The average molecular weight is 320 g/mol. The van der Waals surface area contributed by atoms with Gasteiger partial charge in [-0.15, -0.1) is 0 Å². The number of rotatable bonds is 7. The van der Waals surface area contributed by atoms with Crippen LogP contribution in [0.3, 0.4) is 0 Å². The van der Waals surface area contributed by atoms with Crippen molar-refractivity contribution in [1.82, 2.24) is 0 Å². The molecule has 16 heavy (non-hydrogen) atoms. The van der Waals surface area contributed by atoms with Crippen molar-refractivity contribution in [3.8, 4) is 0 Å². The van der Waals surface area contributed by atoms with Gasteiger partial charge in [0.1, 0.15) is 0 Å². The van der Waals surface area contributed by atoms with Crippen molar-refractivity contribution in [1.29, 1.82) is 0 Å². The smallest absolute Gasteiger partial charge is 0.185 e. The first-order valence-electron chi connectivity index (χ1n) is 3.70. The van der Waals surface area contributed by atoms with Crippen molar-refractivity contribution in [2.24, 2.45) is 0 Å². The van der Waals surface area contributed by atoms with Crippen molar-refractivity contribution in [3.63, 3.8) is 0 Å². The molecule has 0 unspecified atom stereocenters. The SMILES string of the molecule is O=S(=O)=CCCSSCCC=S(=O)=O.[Na].[Na]. The van der Waals surface area contributed by atoms with Crippen molar-refractivity contribution in [3.05, 3.63) is 0 Å². The summed E-state index contributed by atoms with van der Waals surface area (Å²) in [7, 11) is -1.06. The summed E-state index contributed by atoms with van der Waals surface area (Å²) in [4.78, 5) is 0. The molecule has 0 amide bonds. The van der Waals surface area contributed by atoms with Crippen LogP contribution in [0.1, 0.15) is 12.8 Å². The molecule has 0 heterocycles. The van der Waals surface area contributed by atoms with Crippen molar-refractivity contribution in [2.75, 3.05) is 11.5 Å². The van der Waals surface area contributed by atoms with Gasteiger partial charge in [-0.2, -0.15) is 16.8 Å². The second-order valence-corrected chi connectivity index (χ2v) is 6.49. The number of hydrogen-bond acceptors (Lipinski definition) is 6. The first-order valence-corrected chi connectivity index (χ1v) is 8.46. The molecule has 0 atom stereocenters. The van der Waals surface area contributed by atoms with Crippen LogP contribution in [0.15, 0.2) is 0 Å². The maximum Gasteiger partial charge on any atom is 0.209 e. The van der Waals surface area contributed by atoms with Gasteiger partial charge in [0.2, 0.25) is 20.6 Å². The number of hydrogen-bond donors (Lipinski definition) is 0. The van der Waals surface area contributed by atoms with Crippen LogP contribution in [-0.4, -0.2) is 98.2 Å². The summed E-state index contributed by atoms with van der Waals surface area (Å²) < 4.78 is 40.3. The van der Waals surface area contributed by atoms with Crippen LogP contribution < -0.4 is 0 Å². The molecule has 2 radical (unpaired) electrons. The Morgan fingerprint density at radius 1 is 0.750 bits per heavy atom. The molecule has 84 valence electrons. The Balaban J connectivity index is -0.000000845. The molecule has 0 saturated carbocycles. The molecule has 0 spiro atoms. The summed E-state index contributed by atoms with van der Waals surface area (Å²) in [6.07, 6.45) is 1.04. The van der Waals surface area contributed by atoms with Crippen LogP contribution in [0, 0.1) is 0 Å². The third-order valence-corrected chi connectivity index (χ3v) is 4.48. The van der Waals surface area contributed by atoms with Crippen molar-refractivity contribution in [2.45, 2.75) is 12.8 Å². The minimum atomic E-state index is -2.07. The van der Waals surface area contributed by atoms with E-state index in [1.165, 1.54) is 32.3 Å². The first-order chi connectivity index (χ1) is 6.63. The molecule has 0 aromatic heterocycles. The van der Waals surface area contributed by atoms with Crippen molar-refractivity contribution < 1.29 is 16.8 Å². The molecule has 0 fully saturated rings. The topological polar surface area (TPSA) is 68.3 Å². The van der Waals surface area contributed by atoms with Gasteiger partial charge >= 0.3 is 0 Å². The van der Waals surface area contributed by atoms with Gasteiger partial charge in [-0.25, -0.2) is 0 Å². The summed E-state index contributed by atoms with van der Waals surface area (Å²) >= 11 is 0. The molecular weight excluding hydrogens is 310 g/mol. The van der Waals surface area contributed by atoms with E-state index in [-0.39, 0.29) is 59.1 Å². The van der Waals surface area contributed by atoms with Crippen LogP contribution >= 0.6 is 21.6 Å². The summed E-state index contributed by atoms with van der Waals surface area (Å²) in [5.41, 5.74) is 0. The van der Waals surface area contributed by atoms with Crippen LogP contribution in [0.5, 0.6) is 0 Å². The molecule has 10 heteroatoms. The van der Waals surface area contributed by atoms with Gasteiger partial charge in [-0.3, -0.25) is 0 Å². The van der Waals surface area contributed by atoms with Crippen LogP contribution in [0.2, 0.25) is 0 Å². The zero-order valence-corrected chi connectivity index (χ0v) is 16.5. The molecule has 4 nitrogen and oxygen atoms in total. The Bertz CT molecular complexity index is 344. The largest absolute Gasteiger partial charge is 0.209 e. The van der Waals surface area contributed by atoms with Crippen molar-refractivity contribution >= 4 is 112 Å². The van der Waals surface area contributed by atoms with E-state index in [0.29, 0.717) is 12.8 Å². The third-order valence-electron chi connectivity index (χ3n) is 0.994. The molecule has 0 saturated heterocycles. The molecule has 0 aliphatic heterocycles. The summed E-state index contributed by atoms with van der Waals surface area (Å²) in [5.74, 6) is 1.44. The fourth-order valence-electron chi connectivity index (χ4n) is 0.503. The Morgan fingerprint density at radius 3 is 1.31 bits per heavy atom. The van der Waals surface area contributed by atoms with E-state index in [1.54, 1.807) is 0 Å². The molecule has 0 aromatic rings. The monoisotopic (exact) mass is 320 g/mol. The zero-order valence-electron chi connectivity index (χ0n) is 9.25. The third kappa shape index (κ3) is 21.4. The van der Waals surface area contributed by atoms with Gasteiger partial charge in [-0.05, 0) is 12.8 Å². The minimum absolute atomic E-state index is 0. The molecule has 0 aliphatic rings.